The van der Waals surface area contributed by atoms with Crippen molar-refractivity contribution < 1.29 is 0 Å². The summed E-state index contributed by atoms with van der Waals surface area (Å²) < 4.78 is 0. The first-order valence-electron chi connectivity index (χ1n) is 5.38. The van der Waals surface area contributed by atoms with Crippen LogP contribution < -0.4 is 22.1 Å². The van der Waals surface area contributed by atoms with Gasteiger partial charge in [0.1, 0.15) is 0 Å². The third-order valence-electron chi connectivity index (χ3n) is 2.14. The normalized spacial score (nSPS) is 11.4. The van der Waals surface area contributed by atoms with Gasteiger partial charge in [-0.25, -0.2) is 0 Å². The molecule has 0 unspecified atom stereocenters. The Morgan fingerprint density at radius 1 is 1.11 bits per heavy atom. The van der Waals surface area contributed by atoms with Crippen molar-refractivity contribution in [2.45, 2.75) is 19.9 Å². The molecule has 1 rings (SSSR count). The maximum absolute atomic E-state index is 5.86. The monoisotopic (exact) mass is 268 g/mol. The zero-order valence-corrected chi connectivity index (χ0v) is 11.1. The molecule has 0 saturated heterocycles. The molecule has 7 heteroatoms. The van der Waals surface area contributed by atoms with Gasteiger partial charge in [-0.2, -0.15) is 0 Å². The van der Waals surface area contributed by atoms with Crippen molar-refractivity contribution in [1.82, 2.24) is 0 Å². The minimum atomic E-state index is -0.141. The van der Waals surface area contributed by atoms with Crippen molar-refractivity contribution >= 4 is 29.2 Å². The summed E-state index contributed by atoms with van der Waals surface area (Å²) in [4.78, 5) is 1.79. The molecule has 1 aromatic rings. The van der Waals surface area contributed by atoms with Crippen LogP contribution in [0.5, 0.6) is 0 Å². The topological polar surface area (TPSA) is 106 Å². The van der Waals surface area contributed by atoms with Crippen LogP contribution in [0, 0.1) is 0 Å². The lowest BCUT2D eigenvalue weighted by Gasteiger charge is -2.27. The minimum Gasteiger partial charge on any atom is -0.369 e. The van der Waals surface area contributed by atoms with Crippen LogP contribution in [0.2, 0.25) is 5.02 Å². The van der Waals surface area contributed by atoms with Crippen LogP contribution in [0.4, 0.5) is 5.69 Å². The van der Waals surface area contributed by atoms with Crippen molar-refractivity contribution in [2.75, 3.05) is 4.90 Å². The lowest BCUT2D eigenvalue weighted by molar-refractivity contribution is 0.798. The predicted molar refractivity (Wildman–Crippen MR) is 76.5 cm³/mol. The molecular formula is C11H17ClN6. The summed E-state index contributed by atoms with van der Waals surface area (Å²) in [7, 11) is 0. The lowest BCUT2D eigenvalue weighted by atomic mass is 10.2. The molecular weight excluding hydrogens is 252 g/mol. The fraction of sp³-hybridized carbons (Fsp3) is 0.273. The Hall–Kier alpha value is -1.95. The van der Waals surface area contributed by atoms with Gasteiger partial charge in [0.2, 0.25) is 11.9 Å². The molecule has 0 aliphatic heterocycles. The van der Waals surface area contributed by atoms with Crippen LogP contribution in [0.1, 0.15) is 13.8 Å². The molecule has 6 nitrogen and oxygen atoms in total. The Kier molecular flexibility index (Phi) is 4.79. The van der Waals surface area contributed by atoms with Gasteiger partial charge >= 0.3 is 0 Å². The highest BCUT2D eigenvalue weighted by Gasteiger charge is 2.14. The Morgan fingerprint density at radius 3 is 2.11 bits per heavy atom. The van der Waals surface area contributed by atoms with E-state index in [2.05, 4.69) is 10.2 Å². The summed E-state index contributed by atoms with van der Waals surface area (Å²) in [5.74, 6) is 0.0680. The molecule has 0 heterocycles. The van der Waals surface area contributed by atoms with Gasteiger partial charge in [-0.05, 0) is 38.1 Å². The van der Waals surface area contributed by atoms with Gasteiger partial charge in [-0.15, -0.1) is 10.2 Å². The summed E-state index contributed by atoms with van der Waals surface area (Å²) in [5, 5.41) is 7.96. The molecule has 1 aromatic carbocycles. The van der Waals surface area contributed by atoms with E-state index in [0.29, 0.717) is 5.02 Å². The molecule has 0 aliphatic carbocycles. The van der Waals surface area contributed by atoms with Crippen molar-refractivity contribution in [3.8, 4) is 0 Å². The van der Waals surface area contributed by atoms with E-state index in [4.69, 9.17) is 28.8 Å². The average Bonchev–Trinajstić information content (AvgIpc) is 2.29. The highest BCUT2D eigenvalue weighted by molar-refractivity contribution is 6.30. The first-order chi connectivity index (χ1) is 8.41. The fourth-order valence-corrected chi connectivity index (χ4v) is 1.58. The number of benzene rings is 1. The van der Waals surface area contributed by atoms with Crippen LogP contribution in [0.3, 0.4) is 0 Å². The third kappa shape index (κ3) is 3.81. The molecule has 0 bridgehead atoms. The van der Waals surface area contributed by atoms with Crippen molar-refractivity contribution in [3.05, 3.63) is 29.3 Å². The molecule has 98 valence electrons. The zero-order chi connectivity index (χ0) is 13.7. The van der Waals surface area contributed by atoms with Crippen LogP contribution in [0.15, 0.2) is 34.5 Å². The van der Waals surface area contributed by atoms with E-state index >= 15 is 0 Å². The van der Waals surface area contributed by atoms with Crippen molar-refractivity contribution in [3.63, 3.8) is 0 Å². The van der Waals surface area contributed by atoms with E-state index in [9.17, 15) is 0 Å². The fourth-order valence-electron chi connectivity index (χ4n) is 1.45. The molecule has 0 spiro atoms. The Balaban J connectivity index is 3.07. The van der Waals surface area contributed by atoms with E-state index in [0.717, 1.165) is 5.69 Å². The predicted octanol–water partition coefficient (Wildman–Crippen LogP) is 1.06. The summed E-state index contributed by atoms with van der Waals surface area (Å²) in [5.41, 5.74) is 17.1. The first kappa shape index (κ1) is 14.1. The smallest absolute Gasteiger partial charge is 0.221 e. The summed E-state index contributed by atoms with van der Waals surface area (Å²) in [6, 6.07) is 7.35. The van der Waals surface area contributed by atoms with Crippen molar-refractivity contribution in [1.29, 1.82) is 0 Å². The molecule has 0 radical (unpaired) electrons. The molecule has 0 aromatic heterocycles. The van der Waals surface area contributed by atoms with Crippen LogP contribution in [0.25, 0.3) is 0 Å². The van der Waals surface area contributed by atoms with E-state index in [1.165, 1.54) is 0 Å². The van der Waals surface area contributed by atoms with Crippen LogP contribution in [-0.2, 0) is 0 Å². The zero-order valence-electron chi connectivity index (χ0n) is 10.3. The van der Waals surface area contributed by atoms with Gasteiger partial charge in [0.25, 0.3) is 0 Å². The minimum absolute atomic E-state index is 0.101. The van der Waals surface area contributed by atoms with E-state index in [1.807, 2.05) is 26.0 Å². The Bertz CT molecular complexity index is 447. The number of hydrogen-bond donors (Lipinski definition) is 3. The standard InChI is InChI=1S/C11H17ClN6/c1-7(2)18(11(15)17-16-10(13)14)9-5-3-8(12)4-6-9/h3-7H,1-2H3,(H2,15,17)(H4,13,14,16). The van der Waals surface area contributed by atoms with Gasteiger partial charge in [0.05, 0.1) is 0 Å². The third-order valence-corrected chi connectivity index (χ3v) is 2.39. The van der Waals surface area contributed by atoms with Gasteiger partial charge in [-0.3, -0.25) is 0 Å². The largest absolute Gasteiger partial charge is 0.369 e. The second-order valence-corrected chi connectivity index (χ2v) is 4.36. The Morgan fingerprint density at radius 2 is 1.67 bits per heavy atom. The van der Waals surface area contributed by atoms with Crippen molar-refractivity contribution in [2.24, 2.45) is 27.4 Å². The van der Waals surface area contributed by atoms with Crippen LogP contribution >= 0.6 is 11.6 Å². The first-order valence-corrected chi connectivity index (χ1v) is 5.76. The van der Waals surface area contributed by atoms with Crippen LogP contribution in [-0.4, -0.2) is 18.0 Å². The highest BCUT2D eigenvalue weighted by atomic mass is 35.5. The van der Waals surface area contributed by atoms with Gasteiger partial charge in [0, 0.05) is 16.8 Å². The molecule has 6 N–H and O–H groups in total. The number of anilines is 1. The number of guanidine groups is 2. The summed E-state index contributed by atoms with van der Waals surface area (Å²) in [6.07, 6.45) is 0. The molecule has 0 aliphatic rings. The quantitative estimate of drug-likeness (QED) is 0.433. The molecule has 0 saturated carbocycles. The Labute approximate surface area is 111 Å². The lowest BCUT2D eigenvalue weighted by Crippen LogP contribution is -2.42. The van der Waals surface area contributed by atoms with Gasteiger partial charge in [0.15, 0.2) is 0 Å². The van der Waals surface area contributed by atoms with Gasteiger partial charge in [-0.1, -0.05) is 11.6 Å². The van der Waals surface area contributed by atoms with E-state index in [-0.39, 0.29) is 18.0 Å². The number of hydrogen-bond acceptors (Lipinski definition) is 2. The maximum Gasteiger partial charge on any atom is 0.221 e. The second kappa shape index (κ2) is 6.11. The highest BCUT2D eigenvalue weighted by Crippen LogP contribution is 2.19. The number of rotatable bonds is 3. The summed E-state index contributed by atoms with van der Waals surface area (Å²) >= 11 is 5.84. The average molecular weight is 269 g/mol. The molecule has 18 heavy (non-hydrogen) atoms. The SMILES string of the molecule is CC(C)N(/C(N)=N/N=C(N)N)c1ccc(Cl)cc1. The number of nitrogens with zero attached hydrogens (tertiary/aromatic N) is 3. The number of halogens is 1. The molecule has 0 atom stereocenters. The summed E-state index contributed by atoms with van der Waals surface area (Å²) in [6.45, 7) is 3.96. The van der Waals surface area contributed by atoms with E-state index < -0.39 is 0 Å². The second-order valence-electron chi connectivity index (χ2n) is 3.92. The molecule has 0 amide bonds. The van der Waals surface area contributed by atoms with Gasteiger partial charge < -0.3 is 22.1 Å². The van der Waals surface area contributed by atoms with E-state index in [1.54, 1.807) is 17.0 Å². The molecule has 0 fully saturated rings. The number of nitrogens with two attached hydrogens (primary N) is 3. The maximum atomic E-state index is 5.86.